The summed E-state index contributed by atoms with van der Waals surface area (Å²) >= 11 is 3.59. The number of aromatic nitrogens is 2. The van der Waals surface area contributed by atoms with E-state index in [2.05, 4.69) is 36.5 Å². The Morgan fingerprint density at radius 3 is 2.61 bits per heavy atom. The molecule has 170 valence electrons. The largest absolute Gasteiger partial charge is 0.493 e. The fraction of sp³-hybridized carbons (Fsp3) is 0.200. The third kappa shape index (κ3) is 5.91. The first-order chi connectivity index (χ1) is 16.0. The van der Waals surface area contributed by atoms with Gasteiger partial charge >= 0.3 is 0 Å². The minimum Gasteiger partial charge on any atom is -0.493 e. The molecule has 0 radical (unpaired) electrons. The number of amides is 1. The highest BCUT2D eigenvalue weighted by Gasteiger charge is 2.13. The first-order valence-electron chi connectivity index (χ1n) is 10.5. The second kappa shape index (κ2) is 10.5. The van der Waals surface area contributed by atoms with E-state index in [0.717, 1.165) is 38.1 Å². The number of nitrogens with zero attached hydrogens (tertiary/aromatic N) is 1. The third-order valence-corrected chi connectivity index (χ3v) is 5.81. The van der Waals surface area contributed by atoms with E-state index in [1.165, 1.54) is 0 Å². The number of anilines is 1. The van der Waals surface area contributed by atoms with Gasteiger partial charge in [0, 0.05) is 16.7 Å². The maximum Gasteiger partial charge on any atom is 0.262 e. The minimum atomic E-state index is -0.242. The van der Waals surface area contributed by atoms with E-state index < -0.39 is 0 Å². The summed E-state index contributed by atoms with van der Waals surface area (Å²) in [5, 5.41) is 6.21. The standard InChI is InChI=1S/C25H25BrN4O3/c1-16-7-9-18(10-8-16)28-25(31)15-33-23-12-19(26)17(11-22(23)32-2)13-27-14-24-29-20-5-3-4-6-21(20)30-24/h3-12,27H,13-15H2,1-2H3,(H,28,31)(H,29,30). The number of H-pyrrole nitrogens is 1. The SMILES string of the molecule is COc1cc(CNCc2nc3ccccc3[nH]2)c(Br)cc1OCC(=O)Nc1ccc(C)cc1. The topological polar surface area (TPSA) is 88.3 Å². The maximum atomic E-state index is 12.3. The number of nitrogens with one attached hydrogen (secondary N) is 3. The third-order valence-electron chi connectivity index (χ3n) is 5.07. The summed E-state index contributed by atoms with van der Waals surface area (Å²) in [6, 6.07) is 19.3. The molecule has 0 spiro atoms. The van der Waals surface area contributed by atoms with E-state index in [0.29, 0.717) is 24.6 Å². The highest BCUT2D eigenvalue weighted by molar-refractivity contribution is 9.10. The molecule has 1 aromatic heterocycles. The van der Waals surface area contributed by atoms with Gasteiger partial charge in [-0.2, -0.15) is 0 Å². The van der Waals surface area contributed by atoms with E-state index in [-0.39, 0.29) is 12.5 Å². The second-order valence-corrected chi connectivity index (χ2v) is 8.46. The van der Waals surface area contributed by atoms with Crippen LogP contribution in [0.5, 0.6) is 11.5 Å². The smallest absolute Gasteiger partial charge is 0.262 e. The van der Waals surface area contributed by atoms with Crippen LogP contribution in [0.4, 0.5) is 5.69 Å². The van der Waals surface area contributed by atoms with Crippen LogP contribution in [0, 0.1) is 6.92 Å². The molecule has 0 atom stereocenters. The normalized spacial score (nSPS) is 10.9. The maximum absolute atomic E-state index is 12.3. The Kier molecular flexibility index (Phi) is 7.26. The summed E-state index contributed by atoms with van der Waals surface area (Å²) in [4.78, 5) is 20.1. The van der Waals surface area contributed by atoms with Gasteiger partial charge in [0.15, 0.2) is 18.1 Å². The van der Waals surface area contributed by atoms with Crippen molar-refractivity contribution in [3.05, 3.63) is 82.1 Å². The minimum absolute atomic E-state index is 0.125. The number of aryl methyl sites for hydroxylation is 1. The number of hydrogen-bond acceptors (Lipinski definition) is 5. The van der Waals surface area contributed by atoms with E-state index in [1.807, 2.05) is 67.6 Å². The fourth-order valence-electron chi connectivity index (χ4n) is 3.37. The zero-order valence-electron chi connectivity index (χ0n) is 18.4. The van der Waals surface area contributed by atoms with Crippen molar-refractivity contribution < 1.29 is 14.3 Å². The molecule has 1 heterocycles. The van der Waals surface area contributed by atoms with Gasteiger partial charge in [-0.15, -0.1) is 0 Å². The highest BCUT2D eigenvalue weighted by atomic mass is 79.9. The predicted octanol–water partition coefficient (Wildman–Crippen LogP) is 4.95. The number of rotatable bonds is 9. The molecule has 3 aromatic carbocycles. The van der Waals surface area contributed by atoms with Gasteiger partial charge in [-0.1, -0.05) is 45.8 Å². The first kappa shape index (κ1) is 22.8. The molecule has 8 heteroatoms. The van der Waals surface area contributed by atoms with Crippen molar-refractivity contribution in [1.29, 1.82) is 0 Å². The van der Waals surface area contributed by atoms with Crippen LogP contribution in [0.25, 0.3) is 11.0 Å². The van der Waals surface area contributed by atoms with Crippen molar-refractivity contribution in [3.8, 4) is 11.5 Å². The van der Waals surface area contributed by atoms with Gasteiger partial charge in [0.25, 0.3) is 5.91 Å². The molecule has 3 N–H and O–H groups in total. The monoisotopic (exact) mass is 508 g/mol. The molecule has 0 saturated heterocycles. The molecule has 0 aliphatic carbocycles. The van der Waals surface area contributed by atoms with Crippen LogP contribution >= 0.6 is 15.9 Å². The summed E-state index contributed by atoms with van der Waals surface area (Å²) in [6.45, 7) is 3.07. The van der Waals surface area contributed by atoms with Gasteiger partial charge in [0.05, 0.1) is 24.7 Å². The summed E-state index contributed by atoms with van der Waals surface area (Å²) in [7, 11) is 1.58. The van der Waals surface area contributed by atoms with E-state index >= 15 is 0 Å². The molecule has 4 aromatic rings. The Morgan fingerprint density at radius 1 is 1.06 bits per heavy atom. The molecule has 4 rings (SSSR count). The number of hydrogen-bond donors (Lipinski definition) is 3. The van der Waals surface area contributed by atoms with Gasteiger partial charge in [0.1, 0.15) is 5.82 Å². The molecule has 0 bridgehead atoms. The lowest BCUT2D eigenvalue weighted by molar-refractivity contribution is -0.118. The van der Waals surface area contributed by atoms with Crippen LogP contribution < -0.4 is 20.1 Å². The van der Waals surface area contributed by atoms with Crippen molar-refractivity contribution in [3.63, 3.8) is 0 Å². The van der Waals surface area contributed by atoms with Crippen LogP contribution in [-0.2, 0) is 17.9 Å². The van der Waals surface area contributed by atoms with Crippen LogP contribution in [0.15, 0.2) is 65.1 Å². The molecule has 0 unspecified atom stereocenters. The highest BCUT2D eigenvalue weighted by Crippen LogP contribution is 2.33. The van der Waals surface area contributed by atoms with Gasteiger partial charge in [-0.05, 0) is 48.9 Å². The molecule has 0 saturated carbocycles. The second-order valence-electron chi connectivity index (χ2n) is 7.60. The van der Waals surface area contributed by atoms with Crippen LogP contribution in [0.1, 0.15) is 17.0 Å². The number of halogens is 1. The summed E-state index contributed by atoms with van der Waals surface area (Å²) < 4.78 is 12.1. The fourth-order valence-corrected chi connectivity index (χ4v) is 3.83. The number of para-hydroxylation sites is 2. The Balaban J connectivity index is 1.34. The summed E-state index contributed by atoms with van der Waals surface area (Å²) in [5.74, 6) is 1.68. The van der Waals surface area contributed by atoms with Crippen LogP contribution in [0.2, 0.25) is 0 Å². The molecule has 33 heavy (non-hydrogen) atoms. The molecule has 0 aliphatic rings. The Morgan fingerprint density at radius 2 is 1.85 bits per heavy atom. The quantitative estimate of drug-likeness (QED) is 0.297. The molecular formula is C25H25BrN4O3. The predicted molar refractivity (Wildman–Crippen MR) is 133 cm³/mol. The molecule has 0 fully saturated rings. The Bertz CT molecular complexity index is 1220. The van der Waals surface area contributed by atoms with Crippen LogP contribution in [0.3, 0.4) is 0 Å². The average molecular weight is 509 g/mol. The zero-order chi connectivity index (χ0) is 23.2. The number of imidazole rings is 1. The lowest BCUT2D eigenvalue weighted by Crippen LogP contribution is -2.20. The molecule has 7 nitrogen and oxygen atoms in total. The number of carbonyl (C=O) groups excluding carboxylic acids is 1. The molecular weight excluding hydrogens is 484 g/mol. The van der Waals surface area contributed by atoms with E-state index in [1.54, 1.807) is 7.11 Å². The number of benzene rings is 3. The average Bonchev–Trinajstić information content (AvgIpc) is 3.23. The summed E-state index contributed by atoms with van der Waals surface area (Å²) in [5.41, 5.74) is 4.83. The Hall–Kier alpha value is -3.36. The van der Waals surface area contributed by atoms with Crippen molar-refractivity contribution in [2.24, 2.45) is 0 Å². The number of aromatic amines is 1. The first-order valence-corrected chi connectivity index (χ1v) is 11.3. The van der Waals surface area contributed by atoms with Gasteiger partial charge in [0.2, 0.25) is 0 Å². The van der Waals surface area contributed by atoms with Crippen molar-refractivity contribution >= 4 is 38.6 Å². The van der Waals surface area contributed by atoms with Crippen LogP contribution in [-0.4, -0.2) is 29.6 Å². The van der Waals surface area contributed by atoms with Gasteiger partial charge in [-0.3, -0.25) is 4.79 Å². The summed E-state index contributed by atoms with van der Waals surface area (Å²) in [6.07, 6.45) is 0. The number of ether oxygens (including phenoxy) is 2. The number of fused-ring (bicyclic) bond motifs is 1. The zero-order valence-corrected chi connectivity index (χ0v) is 20.0. The molecule has 0 aliphatic heterocycles. The van der Waals surface area contributed by atoms with Gasteiger partial charge < -0.3 is 25.1 Å². The van der Waals surface area contributed by atoms with E-state index in [9.17, 15) is 4.79 Å². The van der Waals surface area contributed by atoms with Crippen molar-refractivity contribution in [2.45, 2.75) is 20.0 Å². The number of methoxy groups -OCH3 is 1. The number of carbonyl (C=O) groups is 1. The van der Waals surface area contributed by atoms with Gasteiger partial charge in [-0.25, -0.2) is 4.98 Å². The van der Waals surface area contributed by atoms with E-state index in [4.69, 9.17) is 9.47 Å². The van der Waals surface area contributed by atoms with Crippen molar-refractivity contribution in [1.82, 2.24) is 15.3 Å². The lowest BCUT2D eigenvalue weighted by atomic mass is 10.2. The molecule has 1 amide bonds. The van der Waals surface area contributed by atoms with Crippen molar-refractivity contribution in [2.75, 3.05) is 19.0 Å². The Labute approximate surface area is 200 Å². The lowest BCUT2D eigenvalue weighted by Gasteiger charge is -2.14.